The topological polar surface area (TPSA) is 110 Å². The van der Waals surface area contributed by atoms with E-state index >= 15 is 0 Å². The fourth-order valence-electron chi connectivity index (χ4n) is 5.30. The lowest BCUT2D eigenvalue weighted by Gasteiger charge is -2.46. The molecule has 2 aromatic heterocycles. The molecule has 2 aliphatic carbocycles. The summed E-state index contributed by atoms with van der Waals surface area (Å²) in [6.45, 7) is 0.106. The Labute approximate surface area is 256 Å². The van der Waals surface area contributed by atoms with Crippen LogP contribution >= 0.6 is 39.1 Å². The maximum atomic E-state index is 13.4. The summed E-state index contributed by atoms with van der Waals surface area (Å²) in [7, 11) is 0. The number of hydrogen-bond donors (Lipinski definition) is 2. The zero-order valence-corrected chi connectivity index (χ0v) is 25.1. The Kier molecular flexibility index (Phi) is 9.06. The van der Waals surface area contributed by atoms with Crippen LogP contribution in [0.5, 0.6) is 0 Å². The third-order valence-corrected chi connectivity index (χ3v) is 8.83. The summed E-state index contributed by atoms with van der Waals surface area (Å²) in [6, 6.07) is 9.96. The van der Waals surface area contributed by atoms with Crippen molar-refractivity contribution in [2.24, 2.45) is 5.41 Å². The van der Waals surface area contributed by atoms with Gasteiger partial charge in [0, 0.05) is 42.6 Å². The maximum Gasteiger partial charge on any atom is 0.329 e. The average molecular weight is 658 g/mol. The number of ketones is 1. The van der Waals surface area contributed by atoms with Crippen LogP contribution in [-0.4, -0.2) is 33.7 Å². The number of aromatic nitrogens is 2. The van der Waals surface area contributed by atoms with Gasteiger partial charge in [0.05, 0.1) is 25.5 Å². The van der Waals surface area contributed by atoms with Crippen LogP contribution in [0.2, 0.25) is 10.0 Å². The number of Topliss-reactive ketones (excluding diaryl/α,β-unsaturated/α-hetero) is 1. The minimum Gasteiger partial charge on any atom is -0.459 e. The number of carbonyl (C=O) groups is 3. The Hall–Kier alpha value is -3.27. The summed E-state index contributed by atoms with van der Waals surface area (Å²) in [5, 5.41) is 6.46. The lowest BCUT2D eigenvalue weighted by molar-refractivity contribution is -0.147. The molecular weight excluding hydrogens is 631 g/mol. The lowest BCUT2D eigenvalue weighted by atomic mass is 9.62. The summed E-state index contributed by atoms with van der Waals surface area (Å²) in [5.41, 5.74) is 2.54. The second-order valence-corrected chi connectivity index (χ2v) is 11.8. The first-order valence-electron chi connectivity index (χ1n) is 13.2. The van der Waals surface area contributed by atoms with Crippen molar-refractivity contribution in [1.29, 1.82) is 0 Å². The first kappa shape index (κ1) is 29.2. The number of halogens is 3. The van der Waals surface area contributed by atoms with Crippen molar-refractivity contribution in [2.45, 2.75) is 51.2 Å². The van der Waals surface area contributed by atoms with E-state index in [-0.39, 0.29) is 28.0 Å². The highest BCUT2D eigenvalue weighted by Crippen LogP contribution is 2.53. The molecule has 1 saturated carbocycles. The van der Waals surface area contributed by atoms with Gasteiger partial charge in [0.15, 0.2) is 5.78 Å². The number of carbonyl (C=O) groups excluding carboxylic acids is 3. The van der Waals surface area contributed by atoms with E-state index in [0.717, 1.165) is 48.9 Å². The Balaban J connectivity index is 1.32. The first-order chi connectivity index (χ1) is 19.8. The molecule has 3 aromatic rings. The molecule has 5 rings (SSSR count). The van der Waals surface area contributed by atoms with Crippen LogP contribution in [-0.2, 0) is 27.4 Å². The maximum absolute atomic E-state index is 13.4. The summed E-state index contributed by atoms with van der Waals surface area (Å²) < 4.78 is 6.18. The molecule has 1 amide bonds. The number of rotatable bonds is 9. The Morgan fingerprint density at radius 2 is 1.61 bits per heavy atom. The molecule has 1 atom stereocenters. The minimum absolute atomic E-state index is 0.0955. The Morgan fingerprint density at radius 3 is 2.27 bits per heavy atom. The van der Waals surface area contributed by atoms with Crippen molar-refractivity contribution in [3.05, 3.63) is 98.1 Å². The molecule has 0 saturated heterocycles. The molecule has 2 aliphatic rings. The molecule has 41 heavy (non-hydrogen) atoms. The Morgan fingerprint density at radius 1 is 0.951 bits per heavy atom. The van der Waals surface area contributed by atoms with Crippen LogP contribution in [0.15, 0.2) is 71.4 Å². The molecule has 1 fully saturated rings. The molecule has 11 heteroatoms. The van der Waals surface area contributed by atoms with Crippen molar-refractivity contribution in [1.82, 2.24) is 15.3 Å². The largest absolute Gasteiger partial charge is 0.459 e. The summed E-state index contributed by atoms with van der Waals surface area (Å²) in [6.07, 6.45) is 10.9. The third kappa shape index (κ3) is 6.32. The number of esters is 1. The lowest BCUT2D eigenvalue weighted by Crippen LogP contribution is -2.53. The number of allylic oxidation sites excluding steroid dienone is 2. The van der Waals surface area contributed by atoms with Gasteiger partial charge in [-0.3, -0.25) is 19.6 Å². The third-order valence-electron chi connectivity index (χ3n) is 7.50. The van der Waals surface area contributed by atoms with Gasteiger partial charge in [0.1, 0.15) is 12.6 Å². The second-order valence-electron chi connectivity index (χ2n) is 10.2. The summed E-state index contributed by atoms with van der Waals surface area (Å²) in [5.74, 6) is -0.795. The predicted octanol–water partition coefficient (Wildman–Crippen LogP) is 6.42. The highest BCUT2D eigenvalue weighted by molar-refractivity contribution is 9.12. The van der Waals surface area contributed by atoms with E-state index in [2.05, 4.69) is 36.5 Å². The van der Waals surface area contributed by atoms with E-state index in [4.69, 9.17) is 27.9 Å². The van der Waals surface area contributed by atoms with E-state index in [1.54, 1.807) is 36.7 Å². The predicted molar refractivity (Wildman–Crippen MR) is 160 cm³/mol. The van der Waals surface area contributed by atoms with E-state index in [0.29, 0.717) is 16.6 Å². The number of nitrogens with zero attached hydrogens (tertiary/aromatic N) is 2. The van der Waals surface area contributed by atoms with E-state index < -0.39 is 23.3 Å². The second kappa shape index (κ2) is 12.7. The summed E-state index contributed by atoms with van der Waals surface area (Å²) in [4.78, 5) is 46.9. The van der Waals surface area contributed by atoms with Gasteiger partial charge in [-0.2, -0.15) is 0 Å². The van der Waals surface area contributed by atoms with E-state index in [1.807, 2.05) is 12.1 Å². The number of pyridine rings is 2. The molecule has 0 radical (unpaired) electrons. The molecular formula is C30H27BrCl2N4O4. The molecule has 2 heterocycles. The average Bonchev–Trinajstić information content (AvgIpc) is 2.99. The van der Waals surface area contributed by atoms with E-state index in [1.165, 1.54) is 12.4 Å². The zero-order valence-electron chi connectivity index (χ0n) is 22.0. The number of hydrogen-bond acceptors (Lipinski definition) is 7. The van der Waals surface area contributed by atoms with Gasteiger partial charge in [-0.1, -0.05) is 54.6 Å². The van der Waals surface area contributed by atoms with Gasteiger partial charge < -0.3 is 15.4 Å². The van der Waals surface area contributed by atoms with Gasteiger partial charge in [-0.05, 0) is 64.2 Å². The van der Waals surface area contributed by atoms with Gasteiger partial charge in [-0.25, -0.2) is 4.79 Å². The number of nitrogens with one attached hydrogen (secondary N) is 2. The molecule has 212 valence electrons. The highest BCUT2D eigenvalue weighted by Gasteiger charge is 2.53. The molecule has 8 nitrogen and oxygen atoms in total. The number of anilines is 1. The van der Waals surface area contributed by atoms with Crippen LogP contribution in [0.1, 0.15) is 53.6 Å². The SMILES string of the molecule is O=C(Nc1ccc(C[C@H](NC2=C(Br)C(=O)C23CCCCC3)C(=O)OCc2ccncc2)cc1)c1c(Cl)cncc1Cl. The van der Waals surface area contributed by atoms with Crippen molar-refractivity contribution in [2.75, 3.05) is 5.32 Å². The zero-order chi connectivity index (χ0) is 29.0. The van der Waals surface area contributed by atoms with Crippen LogP contribution in [0, 0.1) is 5.41 Å². The molecule has 0 aliphatic heterocycles. The first-order valence-corrected chi connectivity index (χ1v) is 14.8. The molecule has 2 N–H and O–H groups in total. The van der Waals surface area contributed by atoms with Crippen molar-refractivity contribution < 1.29 is 19.1 Å². The molecule has 1 aromatic carbocycles. The quantitative estimate of drug-likeness (QED) is 0.256. The normalized spacial score (nSPS) is 16.6. The van der Waals surface area contributed by atoms with Gasteiger partial charge in [0.2, 0.25) is 0 Å². The van der Waals surface area contributed by atoms with Crippen LogP contribution in [0.25, 0.3) is 0 Å². The fourth-order valence-corrected chi connectivity index (χ4v) is 6.71. The van der Waals surface area contributed by atoms with Crippen molar-refractivity contribution in [3.8, 4) is 0 Å². The van der Waals surface area contributed by atoms with Gasteiger partial charge in [0.25, 0.3) is 5.91 Å². The number of benzene rings is 1. The van der Waals surface area contributed by atoms with Gasteiger partial charge >= 0.3 is 5.97 Å². The minimum atomic E-state index is -0.735. The molecule has 1 spiro atoms. The smallest absolute Gasteiger partial charge is 0.329 e. The van der Waals surface area contributed by atoms with Crippen LogP contribution in [0.4, 0.5) is 5.69 Å². The van der Waals surface area contributed by atoms with Crippen molar-refractivity contribution in [3.63, 3.8) is 0 Å². The standard InChI is InChI=1S/C30H27BrCl2N4O4/c31-25-26(30(27(25)38)10-2-1-3-11-30)37-23(29(40)41-17-19-8-12-34-13-9-19)14-18-4-6-20(7-5-18)36-28(39)24-21(32)15-35-16-22(24)33/h4-9,12-13,15-16,23,37H,1-3,10-11,14,17H2,(H,36,39)/t23-/m0/s1. The number of amides is 1. The highest BCUT2D eigenvalue weighted by atomic mass is 79.9. The van der Waals surface area contributed by atoms with Gasteiger partial charge in [-0.15, -0.1) is 0 Å². The Bertz CT molecular complexity index is 1470. The fraction of sp³-hybridized carbons (Fsp3) is 0.300. The summed E-state index contributed by atoms with van der Waals surface area (Å²) >= 11 is 15.7. The van der Waals surface area contributed by atoms with Crippen molar-refractivity contribution >= 4 is 62.5 Å². The van der Waals surface area contributed by atoms with Crippen LogP contribution < -0.4 is 10.6 Å². The van der Waals surface area contributed by atoms with E-state index in [9.17, 15) is 14.4 Å². The molecule has 0 unspecified atom stereocenters. The monoisotopic (exact) mass is 656 g/mol. The number of ether oxygens (including phenoxy) is 1. The van der Waals surface area contributed by atoms with Crippen LogP contribution in [0.3, 0.4) is 0 Å². The molecule has 0 bridgehead atoms.